The fourth-order valence-corrected chi connectivity index (χ4v) is 7.55. The van der Waals surface area contributed by atoms with Gasteiger partial charge in [0, 0.05) is 30.9 Å². The summed E-state index contributed by atoms with van der Waals surface area (Å²) >= 11 is 6.84. The van der Waals surface area contributed by atoms with E-state index in [1.54, 1.807) is 6.20 Å². The van der Waals surface area contributed by atoms with Crippen LogP contribution in [0.15, 0.2) is 36.5 Å². The van der Waals surface area contributed by atoms with E-state index in [0.29, 0.717) is 42.2 Å². The van der Waals surface area contributed by atoms with Gasteiger partial charge in [-0.05, 0) is 76.9 Å². The Labute approximate surface area is 278 Å². The summed E-state index contributed by atoms with van der Waals surface area (Å²) in [6.45, 7) is 8.05. The molecule has 4 aromatic rings. The number of likely N-dealkylation sites (N-methyl/N-ethyl adjacent to an activating group) is 1. The Balaban J connectivity index is 1.32. The number of fused-ring (bicyclic) bond motifs is 4. The van der Waals surface area contributed by atoms with Gasteiger partial charge in [0.1, 0.15) is 35.0 Å². The van der Waals surface area contributed by atoms with Crippen molar-refractivity contribution in [3.8, 4) is 23.0 Å². The molecule has 7 rings (SSSR count). The number of carbonyl (C=O) groups excluding carboxylic acids is 1. The quantitative estimate of drug-likeness (QED) is 0.223. The number of hydrogen-bond donors (Lipinski definition) is 0. The molecule has 0 aliphatic carbocycles. The second-order valence-electron chi connectivity index (χ2n) is 13.8. The summed E-state index contributed by atoms with van der Waals surface area (Å²) in [4.78, 5) is 33.5. The Morgan fingerprint density at radius 1 is 1.09 bits per heavy atom. The van der Waals surface area contributed by atoms with Gasteiger partial charge in [0.25, 0.3) is 0 Å². The number of aromatic nitrogens is 3. The molecule has 0 N–H and O–H groups in total. The molecule has 3 atom stereocenters. The van der Waals surface area contributed by atoms with Gasteiger partial charge in [-0.3, -0.25) is 9.88 Å². The molecule has 2 aromatic heterocycles. The first kappa shape index (κ1) is 31.6. The van der Waals surface area contributed by atoms with E-state index in [1.807, 2.05) is 56.0 Å². The Hall–Kier alpha value is -3.96. The molecule has 0 saturated carbocycles. The number of anilines is 1. The van der Waals surface area contributed by atoms with Gasteiger partial charge in [-0.1, -0.05) is 35.9 Å². The number of carbonyl (C=O) groups is 1. The average Bonchev–Trinajstić information content (AvgIpc) is 3.57. The van der Waals surface area contributed by atoms with Crippen LogP contribution in [0.5, 0.6) is 11.8 Å². The number of nitrogens with zero attached hydrogens (tertiary/aromatic N) is 6. The number of pyridine rings is 1. The van der Waals surface area contributed by atoms with Gasteiger partial charge in [0.15, 0.2) is 5.82 Å². The SMILES string of the molecule is COc1cc2ccccc2c(-c2ncc3c(N4C[C@H]5CC[C@@H](C4)N5C(=O)OC(C)(C)C)nc(OC[C@@H]4CCCN4C)nc3c2F)c1Cl. The first-order valence-corrected chi connectivity index (χ1v) is 16.6. The molecule has 3 aliphatic rings. The smallest absolute Gasteiger partial charge is 0.410 e. The first-order valence-electron chi connectivity index (χ1n) is 16.2. The van der Waals surface area contributed by atoms with Crippen molar-refractivity contribution in [1.82, 2.24) is 24.8 Å². The number of ether oxygens (including phenoxy) is 3. The van der Waals surface area contributed by atoms with Crippen molar-refractivity contribution < 1.29 is 23.4 Å². The molecule has 0 unspecified atom stereocenters. The largest absolute Gasteiger partial charge is 0.495 e. The number of halogens is 2. The number of rotatable bonds is 6. The van der Waals surface area contributed by atoms with Crippen molar-refractivity contribution >= 4 is 45.2 Å². The number of hydrogen-bond acceptors (Lipinski definition) is 9. The number of methoxy groups -OCH3 is 1. The lowest BCUT2D eigenvalue weighted by Crippen LogP contribution is -2.57. The van der Waals surface area contributed by atoms with Crippen molar-refractivity contribution in [2.24, 2.45) is 0 Å². The third kappa shape index (κ3) is 5.88. The highest BCUT2D eigenvalue weighted by atomic mass is 35.5. The normalized spacial score (nSPS) is 21.6. The van der Waals surface area contributed by atoms with Crippen LogP contribution in [0.2, 0.25) is 5.02 Å². The van der Waals surface area contributed by atoms with Gasteiger partial charge in [-0.25, -0.2) is 9.18 Å². The number of benzene rings is 2. The molecule has 5 heterocycles. The number of piperazine rings is 1. The van der Waals surface area contributed by atoms with Gasteiger partial charge in [-0.15, -0.1) is 0 Å². The molecule has 2 aromatic carbocycles. The van der Waals surface area contributed by atoms with Crippen LogP contribution in [-0.4, -0.2) is 95.0 Å². The van der Waals surface area contributed by atoms with Gasteiger partial charge in [-0.2, -0.15) is 9.97 Å². The minimum atomic E-state index is -0.621. The van der Waals surface area contributed by atoms with Crippen LogP contribution in [0.4, 0.5) is 15.0 Å². The summed E-state index contributed by atoms with van der Waals surface area (Å²) in [5.74, 6) is 0.336. The van der Waals surface area contributed by atoms with Gasteiger partial charge >= 0.3 is 12.1 Å². The standard InChI is InChI=1S/C35H40ClFN6O4/c1-35(2,3)47-34(44)43-21-12-13-22(43)18-42(17-21)32-25-16-38-31(27-24-11-7-6-9-20(24)15-26(45-5)28(27)36)29(37)30(25)39-33(40-32)46-19-23-10-8-14-41(23)4/h6-7,9,11,15-16,21-23H,8,10,12-14,17-19H2,1-5H3/t21-,22+,23-/m0/s1. The topological polar surface area (TPSA) is 93.2 Å². The molecule has 0 radical (unpaired) electrons. The van der Waals surface area contributed by atoms with E-state index < -0.39 is 11.4 Å². The van der Waals surface area contributed by atoms with Crippen LogP contribution in [0.3, 0.4) is 0 Å². The van der Waals surface area contributed by atoms with E-state index in [1.165, 1.54) is 7.11 Å². The van der Waals surface area contributed by atoms with E-state index in [0.717, 1.165) is 43.0 Å². The lowest BCUT2D eigenvalue weighted by atomic mass is 10.00. The van der Waals surface area contributed by atoms with E-state index in [2.05, 4.69) is 26.8 Å². The zero-order chi connectivity index (χ0) is 33.0. The second-order valence-corrected chi connectivity index (χ2v) is 14.1. The number of amides is 1. The minimum absolute atomic E-state index is 0.0656. The summed E-state index contributed by atoms with van der Waals surface area (Å²) < 4.78 is 34.4. The molecule has 12 heteroatoms. The van der Waals surface area contributed by atoms with Crippen LogP contribution in [0.25, 0.3) is 32.9 Å². The monoisotopic (exact) mass is 662 g/mol. The van der Waals surface area contributed by atoms with Gasteiger partial charge < -0.3 is 24.0 Å². The molecule has 0 spiro atoms. The van der Waals surface area contributed by atoms with Crippen LogP contribution in [0, 0.1) is 5.82 Å². The predicted octanol–water partition coefficient (Wildman–Crippen LogP) is 6.71. The van der Waals surface area contributed by atoms with Gasteiger partial charge in [0.05, 0.1) is 29.6 Å². The lowest BCUT2D eigenvalue weighted by Gasteiger charge is -2.42. The molecule has 10 nitrogen and oxygen atoms in total. The fourth-order valence-electron chi connectivity index (χ4n) is 7.23. The third-order valence-corrected chi connectivity index (χ3v) is 9.89. The fraction of sp³-hybridized carbons (Fsp3) is 0.486. The summed E-state index contributed by atoms with van der Waals surface area (Å²) in [6.07, 6.45) is 5.11. The Kier molecular flexibility index (Phi) is 8.24. The molecule has 248 valence electrons. The molecular weight excluding hydrogens is 623 g/mol. The van der Waals surface area contributed by atoms with E-state index >= 15 is 4.39 Å². The zero-order valence-corrected chi connectivity index (χ0v) is 28.2. The maximum atomic E-state index is 16.9. The Morgan fingerprint density at radius 2 is 1.83 bits per heavy atom. The Morgan fingerprint density at radius 3 is 2.51 bits per heavy atom. The maximum absolute atomic E-state index is 16.9. The summed E-state index contributed by atoms with van der Waals surface area (Å²) in [5.41, 5.74) is 0.00654. The molecule has 3 saturated heterocycles. The number of likely N-dealkylation sites (tertiary alicyclic amines) is 1. The zero-order valence-electron chi connectivity index (χ0n) is 27.4. The molecule has 47 heavy (non-hydrogen) atoms. The van der Waals surface area contributed by atoms with E-state index in [4.69, 9.17) is 30.8 Å². The second kappa shape index (κ2) is 12.2. The highest BCUT2D eigenvalue weighted by Gasteiger charge is 2.45. The average molecular weight is 663 g/mol. The van der Waals surface area contributed by atoms with Crippen LogP contribution in [-0.2, 0) is 4.74 Å². The highest BCUT2D eigenvalue weighted by Crippen LogP contribution is 2.44. The molecule has 3 fully saturated rings. The minimum Gasteiger partial charge on any atom is -0.495 e. The molecule has 1 amide bonds. The van der Waals surface area contributed by atoms with E-state index in [9.17, 15) is 4.79 Å². The third-order valence-electron chi connectivity index (χ3n) is 9.52. The molecular formula is C35H40ClFN6O4. The van der Waals surface area contributed by atoms with Gasteiger partial charge in [0.2, 0.25) is 0 Å². The van der Waals surface area contributed by atoms with Crippen molar-refractivity contribution in [1.29, 1.82) is 0 Å². The van der Waals surface area contributed by atoms with Crippen LogP contribution >= 0.6 is 11.6 Å². The van der Waals surface area contributed by atoms with E-state index in [-0.39, 0.29) is 46.5 Å². The van der Waals surface area contributed by atoms with Crippen molar-refractivity contribution in [2.75, 3.05) is 45.3 Å². The first-order chi connectivity index (χ1) is 22.5. The van der Waals surface area contributed by atoms with Crippen molar-refractivity contribution in [3.63, 3.8) is 0 Å². The molecule has 2 bridgehead atoms. The van der Waals surface area contributed by atoms with Crippen LogP contribution < -0.4 is 14.4 Å². The summed E-state index contributed by atoms with van der Waals surface area (Å²) in [7, 11) is 3.61. The predicted molar refractivity (Wildman–Crippen MR) is 180 cm³/mol. The highest BCUT2D eigenvalue weighted by molar-refractivity contribution is 6.36. The van der Waals surface area contributed by atoms with Crippen molar-refractivity contribution in [2.45, 2.75) is 70.2 Å². The molecule has 3 aliphatic heterocycles. The van der Waals surface area contributed by atoms with Crippen LogP contribution in [0.1, 0.15) is 46.5 Å². The summed E-state index contributed by atoms with van der Waals surface area (Å²) in [6, 6.07) is 9.63. The van der Waals surface area contributed by atoms with Crippen molar-refractivity contribution in [3.05, 3.63) is 47.4 Å². The lowest BCUT2D eigenvalue weighted by molar-refractivity contribution is 0.0122. The summed E-state index contributed by atoms with van der Waals surface area (Å²) in [5, 5.41) is 2.32. The maximum Gasteiger partial charge on any atom is 0.410 e. The Bertz CT molecular complexity index is 1840.